The summed E-state index contributed by atoms with van der Waals surface area (Å²) in [6, 6.07) is 14.8. The van der Waals surface area contributed by atoms with Gasteiger partial charge in [-0.2, -0.15) is 14.1 Å². The number of sulfonamides is 1. The van der Waals surface area contributed by atoms with Gasteiger partial charge in [-0.25, -0.2) is 21.6 Å². The van der Waals surface area contributed by atoms with Crippen LogP contribution in [0.15, 0.2) is 77.7 Å². The van der Waals surface area contributed by atoms with E-state index in [2.05, 4.69) is 5.10 Å². The van der Waals surface area contributed by atoms with E-state index in [1.807, 2.05) is 0 Å². The molecule has 1 saturated heterocycles. The fraction of sp³-hybridized carbons (Fsp3) is 0.214. The van der Waals surface area contributed by atoms with Crippen molar-refractivity contribution in [2.75, 3.05) is 36.8 Å². The Morgan fingerprint density at radius 1 is 0.854 bits per heavy atom. The van der Waals surface area contributed by atoms with E-state index in [0.717, 1.165) is 16.8 Å². The van der Waals surface area contributed by atoms with E-state index in [1.165, 1.54) is 28.7 Å². The molecule has 3 aromatic carbocycles. The summed E-state index contributed by atoms with van der Waals surface area (Å²) >= 11 is 0. The fourth-order valence-corrected chi connectivity index (χ4v) is 6.06. The molecule has 1 fully saturated rings. The highest BCUT2D eigenvalue weighted by molar-refractivity contribution is 7.88. The molecule has 0 amide bonds. The Bertz CT molecular complexity index is 1700. The van der Waals surface area contributed by atoms with Gasteiger partial charge >= 0.3 is 5.56 Å². The zero-order valence-corrected chi connectivity index (χ0v) is 22.5. The van der Waals surface area contributed by atoms with Crippen LogP contribution in [-0.2, 0) is 22.4 Å². The van der Waals surface area contributed by atoms with Crippen molar-refractivity contribution in [1.82, 2.24) is 14.1 Å². The third kappa shape index (κ3) is 6.52. The zero-order chi connectivity index (χ0) is 29.1. The second-order valence-corrected chi connectivity index (χ2v) is 11.5. The smallest absolute Gasteiger partial charge is 0.316 e. The van der Waals surface area contributed by atoms with Crippen LogP contribution in [-0.4, -0.2) is 48.7 Å². The number of piperazine rings is 1. The Kier molecular flexibility index (Phi) is 7.99. The molecule has 0 radical (unpaired) electrons. The maximum Gasteiger partial charge on any atom is 0.316 e. The minimum Gasteiger partial charge on any atom is -0.481 e. The van der Waals surface area contributed by atoms with Crippen LogP contribution in [0, 0.1) is 17.5 Å². The summed E-state index contributed by atoms with van der Waals surface area (Å²) in [6.45, 7) is 0.545. The van der Waals surface area contributed by atoms with Gasteiger partial charge in [0.15, 0.2) is 0 Å². The lowest BCUT2D eigenvalue weighted by Crippen LogP contribution is -2.49. The van der Waals surface area contributed by atoms with Crippen molar-refractivity contribution in [3.05, 3.63) is 112 Å². The molecule has 0 aliphatic carbocycles. The number of anilines is 2. The normalized spacial score (nSPS) is 14.3. The molecule has 9 nitrogen and oxygen atoms in total. The summed E-state index contributed by atoms with van der Waals surface area (Å²) < 4.78 is 75.6. The van der Waals surface area contributed by atoms with E-state index in [-0.39, 0.29) is 55.7 Å². The van der Waals surface area contributed by atoms with Gasteiger partial charge in [0.1, 0.15) is 29.7 Å². The molecule has 13 heteroatoms. The predicted octanol–water partition coefficient (Wildman–Crippen LogP) is 3.46. The van der Waals surface area contributed by atoms with E-state index in [9.17, 15) is 26.4 Å². The molecule has 4 aromatic rings. The summed E-state index contributed by atoms with van der Waals surface area (Å²) in [6.07, 6.45) is 1.32. The summed E-state index contributed by atoms with van der Waals surface area (Å²) in [5.74, 6) is -2.62. The number of aromatic nitrogens is 2. The third-order valence-corrected chi connectivity index (χ3v) is 8.43. The van der Waals surface area contributed by atoms with Gasteiger partial charge in [0.25, 0.3) is 0 Å². The minimum absolute atomic E-state index is 0.138. The molecule has 1 aliphatic rings. The second kappa shape index (κ2) is 11.6. The number of nitrogen functional groups attached to an aromatic ring is 1. The van der Waals surface area contributed by atoms with Crippen LogP contribution in [0.1, 0.15) is 11.1 Å². The summed E-state index contributed by atoms with van der Waals surface area (Å²) in [5.41, 5.74) is 6.62. The standard InChI is InChI=1S/C28H26F3N5O4S/c29-21-3-1-2-20(12-21)17-40-27-26(16-33-36(28(27)37)25-14-22(30)13-23(31)15-25)34-8-10-35(11-9-34)41(38,39)18-19-4-6-24(32)7-5-19/h1-7,12-16H,8-11,17-18,32H2. The molecule has 214 valence electrons. The Morgan fingerprint density at radius 3 is 2.20 bits per heavy atom. The first-order chi connectivity index (χ1) is 19.6. The largest absolute Gasteiger partial charge is 0.481 e. The van der Waals surface area contributed by atoms with E-state index in [0.29, 0.717) is 22.9 Å². The minimum atomic E-state index is -3.63. The number of nitrogens with zero attached hydrogens (tertiary/aromatic N) is 4. The van der Waals surface area contributed by atoms with Crippen LogP contribution in [0.5, 0.6) is 5.75 Å². The number of ether oxygens (including phenoxy) is 1. The molecular weight excluding hydrogens is 559 g/mol. The lowest BCUT2D eigenvalue weighted by Gasteiger charge is -2.35. The monoisotopic (exact) mass is 585 g/mol. The van der Waals surface area contributed by atoms with Crippen molar-refractivity contribution < 1.29 is 26.3 Å². The lowest BCUT2D eigenvalue weighted by molar-refractivity contribution is 0.297. The maximum atomic E-state index is 13.9. The van der Waals surface area contributed by atoms with Gasteiger partial charge in [-0.05, 0) is 47.5 Å². The molecule has 5 rings (SSSR count). The number of benzene rings is 3. The maximum absolute atomic E-state index is 13.9. The quantitative estimate of drug-likeness (QED) is 0.316. The molecule has 2 heterocycles. The number of halogens is 3. The number of hydrogen-bond donors (Lipinski definition) is 1. The number of nitrogens with two attached hydrogens (primary N) is 1. The van der Waals surface area contributed by atoms with Crippen LogP contribution < -0.4 is 20.9 Å². The molecule has 0 spiro atoms. The average molecular weight is 586 g/mol. The van der Waals surface area contributed by atoms with Crippen LogP contribution in [0.4, 0.5) is 24.5 Å². The highest BCUT2D eigenvalue weighted by Gasteiger charge is 2.29. The Labute approximate surface area is 234 Å². The number of rotatable bonds is 8. The Balaban J connectivity index is 1.41. The topological polar surface area (TPSA) is 111 Å². The Morgan fingerprint density at radius 2 is 1.54 bits per heavy atom. The molecule has 1 aliphatic heterocycles. The van der Waals surface area contributed by atoms with Crippen LogP contribution >= 0.6 is 0 Å². The van der Waals surface area contributed by atoms with Crippen molar-refractivity contribution in [2.45, 2.75) is 12.4 Å². The van der Waals surface area contributed by atoms with E-state index < -0.39 is 33.0 Å². The van der Waals surface area contributed by atoms with Gasteiger partial charge in [-0.15, -0.1) is 0 Å². The second-order valence-electron chi connectivity index (χ2n) is 9.51. The SMILES string of the molecule is Nc1ccc(CS(=O)(=O)N2CCN(c3cnn(-c4cc(F)cc(F)c4)c(=O)c3OCc3cccc(F)c3)CC2)cc1. The molecule has 1 aromatic heterocycles. The fourth-order valence-electron chi connectivity index (χ4n) is 4.54. The van der Waals surface area contributed by atoms with Gasteiger partial charge in [0.2, 0.25) is 15.8 Å². The third-order valence-electron chi connectivity index (χ3n) is 6.58. The highest BCUT2D eigenvalue weighted by Crippen LogP contribution is 2.27. The first kappa shape index (κ1) is 28.2. The summed E-state index contributed by atoms with van der Waals surface area (Å²) in [7, 11) is -3.63. The molecule has 0 unspecified atom stereocenters. The molecule has 0 bridgehead atoms. The van der Waals surface area contributed by atoms with Gasteiger partial charge in [0.05, 0.1) is 17.6 Å². The predicted molar refractivity (Wildman–Crippen MR) is 148 cm³/mol. The van der Waals surface area contributed by atoms with Gasteiger partial charge in [0, 0.05) is 37.9 Å². The van der Waals surface area contributed by atoms with Crippen LogP contribution in [0.2, 0.25) is 0 Å². The number of hydrogen-bond acceptors (Lipinski definition) is 7. The van der Waals surface area contributed by atoms with Crippen LogP contribution in [0.25, 0.3) is 5.69 Å². The average Bonchev–Trinajstić information content (AvgIpc) is 2.93. The van der Waals surface area contributed by atoms with Crippen molar-refractivity contribution >= 4 is 21.4 Å². The summed E-state index contributed by atoms with van der Waals surface area (Å²) in [5, 5.41) is 4.11. The van der Waals surface area contributed by atoms with Crippen molar-refractivity contribution in [1.29, 1.82) is 0 Å². The zero-order valence-electron chi connectivity index (χ0n) is 21.7. The van der Waals surface area contributed by atoms with E-state index in [4.69, 9.17) is 10.5 Å². The molecule has 0 atom stereocenters. The van der Waals surface area contributed by atoms with Crippen LogP contribution in [0.3, 0.4) is 0 Å². The molecule has 41 heavy (non-hydrogen) atoms. The Hall–Kier alpha value is -4.36. The van der Waals surface area contributed by atoms with Gasteiger partial charge < -0.3 is 15.4 Å². The lowest BCUT2D eigenvalue weighted by atomic mass is 10.2. The van der Waals surface area contributed by atoms with Gasteiger partial charge in [-0.1, -0.05) is 24.3 Å². The van der Waals surface area contributed by atoms with Crippen molar-refractivity contribution in [2.24, 2.45) is 0 Å². The first-order valence-electron chi connectivity index (χ1n) is 12.6. The highest BCUT2D eigenvalue weighted by atomic mass is 32.2. The molecule has 0 saturated carbocycles. The first-order valence-corrected chi connectivity index (χ1v) is 14.2. The van der Waals surface area contributed by atoms with Gasteiger partial charge in [-0.3, -0.25) is 4.79 Å². The summed E-state index contributed by atoms with van der Waals surface area (Å²) in [4.78, 5) is 15.3. The molecule has 2 N–H and O–H groups in total. The van der Waals surface area contributed by atoms with Crippen molar-refractivity contribution in [3.63, 3.8) is 0 Å². The van der Waals surface area contributed by atoms with E-state index in [1.54, 1.807) is 35.2 Å². The van der Waals surface area contributed by atoms with E-state index >= 15 is 0 Å². The molecular formula is C28H26F3N5O4S. The van der Waals surface area contributed by atoms with Crippen molar-refractivity contribution in [3.8, 4) is 11.4 Å².